The van der Waals surface area contributed by atoms with Crippen LogP contribution in [-0.2, 0) is 5.41 Å². The number of hydrogen-bond donors (Lipinski definition) is 0. The molecule has 2 atom stereocenters. The normalized spacial score (nSPS) is 17.0. The third-order valence-corrected chi connectivity index (χ3v) is 15.2. The van der Waals surface area contributed by atoms with E-state index in [-0.39, 0.29) is 17.5 Å². The molecule has 2 unspecified atom stereocenters. The van der Waals surface area contributed by atoms with Gasteiger partial charge >= 0.3 is 0 Å². The minimum Gasteiger partial charge on any atom is -0.309 e. The monoisotopic (exact) mass is 900 g/mol. The second-order valence-electron chi connectivity index (χ2n) is 19.8. The van der Waals surface area contributed by atoms with Crippen molar-refractivity contribution in [3.63, 3.8) is 0 Å². The zero-order chi connectivity index (χ0) is 46.8. The molecule has 0 radical (unpaired) electrons. The van der Waals surface area contributed by atoms with Crippen molar-refractivity contribution in [2.75, 3.05) is 0 Å². The molecule has 10 aromatic rings. The van der Waals surface area contributed by atoms with Crippen molar-refractivity contribution >= 4 is 39.3 Å². The number of fused-ring (bicyclic) bond motifs is 6. The lowest BCUT2D eigenvalue weighted by atomic mass is 9.82. The lowest BCUT2D eigenvalue weighted by Crippen LogP contribution is -2.29. The molecule has 0 bridgehead atoms. The molecule has 4 heteroatoms. The Morgan fingerprint density at radius 3 is 1.74 bits per heavy atom. The molecule has 1 aliphatic carbocycles. The third kappa shape index (κ3) is 7.34. The zero-order valence-corrected chi connectivity index (χ0v) is 39.6. The van der Waals surface area contributed by atoms with Crippen LogP contribution in [0.4, 0.5) is 0 Å². The zero-order valence-electron chi connectivity index (χ0n) is 39.6. The van der Waals surface area contributed by atoms with Gasteiger partial charge in [-0.15, -0.1) is 0 Å². The molecule has 0 N–H and O–H groups in total. The van der Waals surface area contributed by atoms with Gasteiger partial charge in [0, 0.05) is 28.1 Å². The standard InChI is InChI=1S/C66H52N4/c1-66(2)58-20-10-9-19-54(58)55-38-48(27-30-59(55)66)49-29-32-65-57(40-49)56-39-47(28-31-64(56)70(65)53-36-50(43-15-5-3-6-16-43)35-51(37-53)44-17-7-4-8-18-44)45-23-25-46(26-24-45)52-41-62(60-21-11-13-33-67-60)69-63(42-52)61-22-12-14-34-68-61/h3-11,13,15-21,23-41,61,63H,12,14,22,42H2,1-2H3. The van der Waals surface area contributed by atoms with Gasteiger partial charge in [0.05, 0.1) is 34.5 Å². The Bertz CT molecular complexity index is 3670. The van der Waals surface area contributed by atoms with Gasteiger partial charge < -0.3 is 4.57 Å². The SMILES string of the molecule is CC1(C)c2ccccc2-c2cc(-c3ccc4c(c3)c3cc(-c5ccc(C6=CC(c7ccccn7)=NC(C7CCCC=N7)C6)cc5)ccc3n4-c3cc(-c4ccccc4)cc(-c4ccccc4)c3)ccc21. The van der Waals surface area contributed by atoms with Gasteiger partial charge in [-0.3, -0.25) is 15.0 Å². The summed E-state index contributed by atoms with van der Waals surface area (Å²) in [6, 6.07) is 74.3. The maximum atomic E-state index is 5.25. The van der Waals surface area contributed by atoms with Crippen molar-refractivity contribution in [2.24, 2.45) is 9.98 Å². The summed E-state index contributed by atoms with van der Waals surface area (Å²) in [5.74, 6) is 0. The fourth-order valence-electron chi connectivity index (χ4n) is 11.6. The van der Waals surface area contributed by atoms with Crippen LogP contribution in [0.1, 0.15) is 61.9 Å². The number of rotatable bonds is 8. The van der Waals surface area contributed by atoms with Crippen molar-refractivity contribution in [3.05, 3.63) is 235 Å². The summed E-state index contributed by atoms with van der Waals surface area (Å²) in [6.07, 6.45) is 10.3. The quantitative estimate of drug-likeness (QED) is 0.150. The van der Waals surface area contributed by atoms with E-state index in [9.17, 15) is 0 Å². The second kappa shape index (κ2) is 17.1. The van der Waals surface area contributed by atoms with Gasteiger partial charge in [-0.2, -0.15) is 0 Å². The molecule has 0 amide bonds. The summed E-state index contributed by atoms with van der Waals surface area (Å²) >= 11 is 0. The number of aromatic nitrogens is 2. The highest BCUT2D eigenvalue weighted by molar-refractivity contribution is 6.13. The molecule has 4 nitrogen and oxygen atoms in total. The Morgan fingerprint density at radius 1 is 0.486 bits per heavy atom. The molecule has 0 spiro atoms. The molecule has 0 saturated heterocycles. The van der Waals surface area contributed by atoms with Crippen LogP contribution in [0.15, 0.2) is 222 Å². The topological polar surface area (TPSA) is 42.5 Å². The van der Waals surface area contributed by atoms with E-state index >= 15 is 0 Å². The molecule has 3 aliphatic rings. The lowest BCUT2D eigenvalue weighted by Gasteiger charge is -2.28. The third-order valence-electron chi connectivity index (χ3n) is 15.2. The predicted octanol–water partition coefficient (Wildman–Crippen LogP) is 16.4. The fourth-order valence-corrected chi connectivity index (χ4v) is 11.6. The van der Waals surface area contributed by atoms with Gasteiger partial charge in [-0.1, -0.05) is 153 Å². The maximum absolute atomic E-state index is 5.25. The van der Waals surface area contributed by atoms with Gasteiger partial charge in [-0.25, -0.2) is 0 Å². The minimum absolute atomic E-state index is 0.0417. The first-order valence-electron chi connectivity index (χ1n) is 24.8. The Hall–Kier alpha value is -8.21. The minimum atomic E-state index is -0.0417. The van der Waals surface area contributed by atoms with Crippen LogP contribution in [0.2, 0.25) is 0 Å². The Labute approximate surface area is 410 Å². The Morgan fingerprint density at radius 2 is 1.07 bits per heavy atom. The van der Waals surface area contributed by atoms with E-state index in [1.807, 2.05) is 18.3 Å². The summed E-state index contributed by atoms with van der Waals surface area (Å²) in [6.45, 7) is 4.70. The number of hydrogen-bond acceptors (Lipinski definition) is 3. The van der Waals surface area contributed by atoms with Gasteiger partial charge in [0.15, 0.2) is 0 Å². The summed E-state index contributed by atoms with van der Waals surface area (Å²) in [5, 5.41) is 2.45. The highest BCUT2D eigenvalue weighted by atomic mass is 15.0. The van der Waals surface area contributed by atoms with Crippen LogP contribution in [0.25, 0.3) is 88.7 Å². The molecule has 336 valence electrons. The van der Waals surface area contributed by atoms with E-state index < -0.39 is 0 Å². The molecular weight excluding hydrogens is 849 g/mol. The van der Waals surface area contributed by atoms with Crippen LogP contribution in [-0.4, -0.2) is 33.6 Å². The largest absolute Gasteiger partial charge is 0.309 e. The van der Waals surface area contributed by atoms with Crippen LogP contribution < -0.4 is 0 Å². The van der Waals surface area contributed by atoms with Crippen LogP contribution in [0.5, 0.6) is 0 Å². The lowest BCUT2D eigenvalue weighted by molar-refractivity contribution is 0.482. The molecule has 13 rings (SSSR count). The molecule has 8 aromatic carbocycles. The summed E-state index contributed by atoms with van der Waals surface area (Å²) < 4.78 is 2.48. The number of dihydropyridines is 1. The molecule has 0 saturated carbocycles. The van der Waals surface area contributed by atoms with E-state index in [4.69, 9.17) is 15.0 Å². The first-order chi connectivity index (χ1) is 34.4. The van der Waals surface area contributed by atoms with E-state index in [1.165, 1.54) is 99.7 Å². The first-order valence-corrected chi connectivity index (χ1v) is 24.8. The Balaban J connectivity index is 0.948. The second-order valence-corrected chi connectivity index (χ2v) is 19.8. The number of pyridine rings is 1. The molecule has 2 aromatic heterocycles. The summed E-state index contributed by atoms with van der Waals surface area (Å²) in [4.78, 5) is 14.9. The van der Waals surface area contributed by atoms with Crippen LogP contribution >= 0.6 is 0 Å². The molecule has 4 heterocycles. The van der Waals surface area contributed by atoms with Crippen LogP contribution in [0, 0.1) is 0 Å². The van der Waals surface area contributed by atoms with Gasteiger partial charge in [-0.05, 0) is 177 Å². The maximum Gasteiger partial charge on any atom is 0.0881 e. The molecular formula is C66H52N4. The van der Waals surface area contributed by atoms with Gasteiger partial charge in [0.25, 0.3) is 0 Å². The van der Waals surface area contributed by atoms with Gasteiger partial charge in [0.2, 0.25) is 0 Å². The predicted molar refractivity (Wildman–Crippen MR) is 293 cm³/mol. The first kappa shape index (κ1) is 41.9. The number of aliphatic imine (C=N–C) groups is 2. The van der Waals surface area contributed by atoms with E-state index in [1.54, 1.807) is 0 Å². The van der Waals surface area contributed by atoms with Crippen molar-refractivity contribution in [1.29, 1.82) is 0 Å². The van der Waals surface area contributed by atoms with E-state index in [0.717, 1.165) is 42.8 Å². The van der Waals surface area contributed by atoms with Gasteiger partial charge in [0.1, 0.15) is 0 Å². The fraction of sp³-hybridized carbons (Fsp3) is 0.136. The number of nitrogens with zero attached hydrogens (tertiary/aromatic N) is 4. The average Bonchev–Trinajstić information content (AvgIpc) is 3.88. The van der Waals surface area contributed by atoms with Crippen molar-refractivity contribution in [1.82, 2.24) is 9.55 Å². The highest BCUT2D eigenvalue weighted by Gasteiger charge is 2.35. The highest BCUT2D eigenvalue weighted by Crippen LogP contribution is 2.50. The van der Waals surface area contributed by atoms with E-state index in [0.29, 0.717) is 0 Å². The van der Waals surface area contributed by atoms with Crippen molar-refractivity contribution in [3.8, 4) is 61.3 Å². The number of benzene rings is 8. The molecule has 70 heavy (non-hydrogen) atoms. The van der Waals surface area contributed by atoms with E-state index in [2.05, 4.69) is 219 Å². The Kier molecular flexibility index (Phi) is 10.2. The molecule has 0 fully saturated rings. The average molecular weight is 901 g/mol. The van der Waals surface area contributed by atoms with Crippen LogP contribution in [0.3, 0.4) is 0 Å². The van der Waals surface area contributed by atoms with Crippen molar-refractivity contribution < 1.29 is 0 Å². The summed E-state index contributed by atoms with van der Waals surface area (Å²) in [5.41, 5.74) is 22.8. The smallest absolute Gasteiger partial charge is 0.0881 e. The summed E-state index contributed by atoms with van der Waals surface area (Å²) in [7, 11) is 0. The molecule has 2 aliphatic heterocycles. The number of allylic oxidation sites excluding steroid dienone is 1. The van der Waals surface area contributed by atoms with Crippen molar-refractivity contribution in [2.45, 2.75) is 57.0 Å².